The van der Waals surface area contributed by atoms with Crippen molar-refractivity contribution in [1.29, 1.82) is 0 Å². The summed E-state index contributed by atoms with van der Waals surface area (Å²) in [5.41, 5.74) is 0.710. The van der Waals surface area contributed by atoms with Crippen molar-refractivity contribution in [3.8, 4) is 5.75 Å². The largest absolute Gasteiger partial charge is 0.493 e. The molecule has 0 saturated carbocycles. The van der Waals surface area contributed by atoms with Gasteiger partial charge in [-0.05, 0) is 43.0 Å². The maximum absolute atomic E-state index is 13.7. The molecule has 1 N–H and O–H groups in total. The lowest BCUT2D eigenvalue weighted by molar-refractivity contribution is -0.138. The quantitative estimate of drug-likeness (QED) is 0.510. The van der Waals surface area contributed by atoms with Gasteiger partial charge < -0.3 is 24.3 Å². The summed E-state index contributed by atoms with van der Waals surface area (Å²) < 4.78 is 11.1. The average Bonchev–Trinajstić information content (AvgIpc) is 3.62. The maximum Gasteiger partial charge on any atom is 0.287 e. The predicted molar refractivity (Wildman–Crippen MR) is 138 cm³/mol. The number of para-hydroxylation sites is 1. The summed E-state index contributed by atoms with van der Waals surface area (Å²) in [5.74, 6) is -0.716. The van der Waals surface area contributed by atoms with Crippen LogP contribution in [0.5, 0.6) is 5.75 Å². The third-order valence-corrected chi connectivity index (χ3v) is 7.11. The molecule has 2 aliphatic rings. The number of pyridine rings is 1. The fraction of sp³-hybridized carbons (Fsp3) is 0.393. The van der Waals surface area contributed by atoms with Gasteiger partial charge in [0, 0.05) is 18.1 Å². The van der Waals surface area contributed by atoms with Crippen LogP contribution < -0.4 is 10.1 Å². The Kier molecular flexibility index (Phi) is 6.88. The molecule has 2 fully saturated rings. The molecular formula is C28H30N4O6. The zero-order chi connectivity index (χ0) is 27.0. The number of nitrogens with one attached hydrogen (secondary N) is 1. The van der Waals surface area contributed by atoms with Gasteiger partial charge in [-0.25, -0.2) is 0 Å². The summed E-state index contributed by atoms with van der Waals surface area (Å²) in [4.78, 5) is 60.2. The van der Waals surface area contributed by atoms with Gasteiger partial charge in [-0.15, -0.1) is 0 Å². The minimum absolute atomic E-state index is 0.0643. The molecule has 0 spiro atoms. The lowest BCUT2D eigenvalue weighted by Crippen LogP contribution is -2.53. The van der Waals surface area contributed by atoms with E-state index < -0.39 is 24.0 Å². The molecule has 3 amide bonds. The SMILES string of the molecule is COc1cccc2cc(C(=O)NC(CC(C)C)C(=O)N3CCC4C3C(=O)CN4C(=O)c3ccccn3)oc12. The number of methoxy groups -OCH3 is 1. The topological polar surface area (TPSA) is 122 Å². The van der Waals surface area contributed by atoms with E-state index in [2.05, 4.69) is 10.3 Å². The van der Waals surface area contributed by atoms with Crippen molar-refractivity contribution in [2.45, 2.75) is 44.8 Å². The van der Waals surface area contributed by atoms with Crippen LogP contribution >= 0.6 is 0 Å². The molecule has 2 aliphatic heterocycles. The third kappa shape index (κ3) is 4.62. The van der Waals surface area contributed by atoms with Crippen molar-refractivity contribution in [2.24, 2.45) is 5.92 Å². The van der Waals surface area contributed by atoms with E-state index in [1.807, 2.05) is 19.9 Å². The number of furan rings is 1. The van der Waals surface area contributed by atoms with E-state index >= 15 is 0 Å². The number of Topliss-reactive ketones (excluding diaryl/α,β-unsaturated/α-hetero) is 1. The van der Waals surface area contributed by atoms with Crippen LogP contribution in [0.1, 0.15) is 47.7 Å². The molecule has 3 aromatic rings. The summed E-state index contributed by atoms with van der Waals surface area (Å²) in [6.45, 7) is 4.16. The van der Waals surface area contributed by atoms with E-state index in [1.165, 1.54) is 23.1 Å². The van der Waals surface area contributed by atoms with Gasteiger partial charge in [0.25, 0.3) is 11.8 Å². The number of ether oxygens (including phenoxy) is 1. The van der Waals surface area contributed by atoms with E-state index in [0.29, 0.717) is 36.1 Å². The second-order valence-corrected chi connectivity index (χ2v) is 10.1. The molecule has 10 nitrogen and oxygen atoms in total. The Morgan fingerprint density at radius 2 is 1.97 bits per heavy atom. The molecule has 5 rings (SSSR count). The number of rotatable bonds is 7. The van der Waals surface area contributed by atoms with E-state index in [4.69, 9.17) is 9.15 Å². The van der Waals surface area contributed by atoms with Gasteiger partial charge in [0.15, 0.2) is 22.9 Å². The normalized spacial score (nSPS) is 19.6. The second-order valence-electron chi connectivity index (χ2n) is 10.1. The van der Waals surface area contributed by atoms with Gasteiger partial charge in [0.05, 0.1) is 19.7 Å². The molecule has 4 heterocycles. The van der Waals surface area contributed by atoms with Crippen molar-refractivity contribution in [1.82, 2.24) is 20.1 Å². The first-order valence-electron chi connectivity index (χ1n) is 12.7. The van der Waals surface area contributed by atoms with Crippen LogP contribution in [0.3, 0.4) is 0 Å². The number of amides is 3. The molecule has 3 atom stereocenters. The van der Waals surface area contributed by atoms with Crippen molar-refractivity contribution >= 4 is 34.5 Å². The maximum atomic E-state index is 13.7. The minimum Gasteiger partial charge on any atom is -0.493 e. The van der Waals surface area contributed by atoms with Gasteiger partial charge in [-0.2, -0.15) is 0 Å². The number of carbonyl (C=O) groups is 4. The van der Waals surface area contributed by atoms with E-state index in [9.17, 15) is 19.2 Å². The number of nitrogens with zero attached hydrogens (tertiary/aromatic N) is 3. The number of benzene rings is 1. The number of carbonyl (C=O) groups excluding carboxylic acids is 4. The van der Waals surface area contributed by atoms with Crippen molar-refractivity contribution in [3.05, 3.63) is 60.1 Å². The molecular weight excluding hydrogens is 488 g/mol. The lowest BCUT2D eigenvalue weighted by atomic mass is 10.0. The highest BCUT2D eigenvalue weighted by Crippen LogP contribution is 2.32. The van der Waals surface area contributed by atoms with Gasteiger partial charge >= 0.3 is 0 Å². The van der Waals surface area contributed by atoms with Crippen LogP contribution in [0.25, 0.3) is 11.0 Å². The third-order valence-electron chi connectivity index (χ3n) is 7.11. The first kappa shape index (κ1) is 25.4. The van der Waals surface area contributed by atoms with Gasteiger partial charge in [0.2, 0.25) is 5.91 Å². The fourth-order valence-electron chi connectivity index (χ4n) is 5.41. The minimum atomic E-state index is -0.857. The summed E-state index contributed by atoms with van der Waals surface area (Å²) in [7, 11) is 1.52. The number of hydrogen-bond acceptors (Lipinski definition) is 7. The Morgan fingerprint density at radius 1 is 1.16 bits per heavy atom. The number of ketones is 1. The number of fused-ring (bicyclic) bond motifs is 2. The van der Waals surface area contributed by atoms with Gasteiger partial charge in [-0.1, -0.05) is 32.0 Å². The van der Waals surface area contributed by atoms with Crippen LogP contribution in [0.4, 0.5) is 0 Å². The standard InChI is InChI=1S/C28H30N4O6/c1-16(2)13-19(30-26(34)23-14-17-7-6-9-22(37-3)25(17)38-23)28(36)31-12-10-20-24(31)21(33)15-32(20)27(35)18-8-4-5-11-29-18/h4-9,11,14,16,19-20,24H,10,12-13,15H2,1-3H3,(H,30,34). The van der Waals surface area contributed by atoms with Crippen molar-refractivity contribution < 1.29 is 28.3 Å². The number of aromatic nitrogens is 1. The Bertz CT molecular complexity index is 1380. The molecule has 2 aromatic heterocycles. The van der Waals surface area contributed by atoms with Crippen LogP contribution in [-0.4, -0.2) is 76.6 Å². The summed E-state index contributed by atoms with van der Waals surface area (Å²) in [6, 6.07) is 9.99. The first-order valence-corrected chi connectivity index (χ1v) is 12.7. The van der Waals surface area contributed by atoms with Crippen LogP contribution in [0.15, 0.2) is 53.1 Å². The average molecular weight is 519 g/mol. The van der Waals surface area contributed by atoms with Gasteiger partial charge in [0.1, 0.15) is 17.8 Å². The van der Waals surface area contributed by atoms with Crippen LogP contribution in [0.2, 0.25) is 0 Å². The van der Waals surface area contributed by atoms with Crippen LogP contribution in [-0.2, 0) is 9.59 Å². The summed E-state index contributed by atoms with van der Waals surface area (Å²) in [6.07, 6.45) is 2.39. The Balaban J connectivity index is 1.34. The first-order chi connectivity index (χ1) is 18.3. The molecule has 0 radical (unpaired) electrons. The summed E-state index contributed by atoms with van der Waals surface area (Å²) in [5, 5.41) is 3.53. The second kappa shape index (κ2) is 10.3. The zero-order valence-corrected chi connectivity index (χ0v) is 21.5. The monoisotopic (exact) mass is 518 g/mol. The number of likely N-dealkylation sites (tertiary alicyclic amines) is 2. The van der Waals surface area contributed by atoms with Crippen molar-refractivity contribution in [2.75, 3.05) is 20.2 Å². The summed E-state index contributed by atoms with van der Waals surface area (Å²) >= 11 is 0. The molecule has 0 aliphatic carbocycles. The number of hydrogen-bond donors (Lipinski definition) is 1. The Morgan fingerprint density at radius 3 is 2.68 bits per heavy atom. The van der Waals surface area contributed by atoms with E-state index in [-0.39, 0.29) is 41.5 Å². The highest BCUT2D eigenvalue weighted by Gasteiger charge is 2.52. The molecule has 10 heteroatoms. The Hall–Kier alpha value is -4.21. The zero-order valence-electron chi connectivity index (χ0n) is 21.5. The predicted octanol–water partition coefficient (Wildman–Crippen LogP) is 2.68. The molecule has 0 bridgehead atoms. The molecule has 38 heavy (non-hydrogen) atoms. The van der Waals surface area contributed by atoms with Gasteiger partial charge in [-0.3, -0.25) is 24.2 Å². The highest BCUT2D eigenvalue weighted by molar-refractivity contribution is 6.03. The van der Waals surface area contributed by atoms with E-state index in [1.54, 1.807) is 36.4 Å². The van der Waals surface area contributed by atoms with Crippen molar-refractivity contribution in [3.63, 3.8) is 0 Å². The molecule has 2 saturated heterocycles. The molecule has 198 valence electrons. The smallest absolute Gasteiger partial charge is 0.287 e. The Labute approximate surface area is 219 Å². The molecule has 1 aromatic carbocycles. The fourth-order valence-corrected chi connectivity index (χ4v) is 5.41. The lowest BCUT2D eigenvalue weighted by Gasteiger charge is -2.29. The van der Waals surface area contributed by atoms with E-state index in [0.717, 1.165) is 0 Å². The molecule has 3 unspecified atom stereocenters. The highest BCUT2D eigenvalue weighted by atomic mass is 16.5. The van der Waals surface area contributed by atoms with Crippen LogP contribution in [0, 0.1) is 5.92 Å².